The van der Waals surface area contributed by atoms with E-state index < -0.39 is 5.76 Å². The zero-order chi connectivity index (χ0) is 14.8. The molecule has 6 heteroatoms. The first-order valence-electron chi connectivity index (χ1n) is 7.49. The Kier molecular flexibility index (Phi) is 3.88. The number of fused-ring (bicyclic) bond motifs is 1. The number of H-pyrrole nitrogens is 1. The molecule has 1 aromatic heterocycles. The topological polar surface area (TPSA) is 95.5 Å². The number of anilines is 2. The third-order valence-corrected chi connectivity index (χ3v) is 4.23. The highest BCUT2D eigenvalue weighted by Crippen LogP contribution is 2.33. The molecule has 0 atom stereocenters. The van der Waals surface area contributed by atoms with E-state index in [9.17, 15) is 9.90 Å². The molecule has 114 valence electrons. The van der Waals surface area contributed by atoms with Crippen LogP contribution in [0.1, 0.15) is 32.1 Å². The minimum absolute atomic E-state index is 0.0792. The van der Waals surface area contributed by atoms with E-state index in [1.807, 2.05) is 6.07 Å². The molecule has 1 saturated carbocycles. The van der Waals surface area contributed by atoms with Crippen molar-refractivity contribution < 1.29 is 9.52 Å². The van der Waals surface area contributed by atoms with Crippen LogP contribution in [0.5, 0.6) is 0 Å². The van der Waals surface area contributed by atoms with Crippen molar-refractivity contribution in [2.24, 2.45) is 0 Å². The molecule has 4 N–H and O–H groups in total. The number of rotatable bonds is 4. The Balaban J connectivity index is 2.00. The molecule has 1 fully saturated rings. The van der Waals surface area contributed by atoms with Gasteiger partial charge in [0.25, 0.3) is 0 Å². The molecule has 0 spiro atoms. The number of oxazole rings is 1. The van der Waals surface area contributed by atoms with Crippen LogP contribution in [0, 0.1) is 0 Å². The summed E-state index contributed by atoms with van der Waals surface area (Å²) in [6, 6.07) is 3.92. The standard InChI is InChI=1S/C15H21N3O3/c16-11-8-14-12(17-15(20)21-14)9-13(11)18(6-7-19)10-4-2-1-3-5-10/h8-10,19H,1-7,16H2,(H,17,20). The Morgan fingerprint density at radius 2 is 2.10 bits per heavy atom. The number of aliphatic hydroxyl groups is 1. The van der Waals surface area contributed by atoms with Gasteiger partial charge in [-0.1, -0.05) is 19.3 Å². The summed E-state index contributed by atoms with van der Waals surface area (Å²) in [5.74, 6) is -0.479. The molecule has 0 amide bonds. The molecule has 2 aromatic rings. The number of aliphatic hydroxyl groups excluding tert-OH is 1. The fourth-order valence-electron chi connectivity index (χ4n) is 3.25. The average Bonchev–Trinajstić information content (AvgIpc) is 2.84. The predicted octanol–water partition coefficient (Wildman–Crippen LogP) is 1.83. The van der Waals surface area contributed by atoms with Gasteiger partial charge in [-0.05, 0) is 18.9 Å². The third kappa shape index (κ3) is 2.76. The van der Waals surface area contributed by atoms with Crippen LogP contribution < -0.4 is 16.4 Å². The molecular formula is C15H21N3O3. The van der Waals surface area contributed by atoms with Gasteiger partial charge in [-0.3, -0.25) is 4.98 Å². The molecule has 0 unspecified atom stereocenters. The maximum absolute atomic E-state index is 11.3. The summed E-state index contributed by atoms with van der Waals surface area (Å²) < 4.78 is 5.03. The van der Waals surface area contributed by atoms with Crippen molar-refractivity contribution in [3.63, 3.8) is 0 Å². The second kappa shape index (κ2) is 5.81. The van der Waals surface area contributed by atoms with E-state index in [0.717, 1.165) is 18.5 Å². The Bertz CT molecular complexity index is 670. The Morgan fingerprint density at radius 3 is 2.81 bits per heavy atom. The molecule has 1 aliphatic rings. The van der Waals surface area contributed by atoms with Crippen molar-refractivity contribution >= 4 is 22.5 Å². The quantitative estimate of drug-likeness (QED) is 0.747. The van der Waals surface area contributed by atoms with Crippen molar-refractivity contribution in [2.75, 3.05) is 23.8 Å². The zero-order valence-corrected chi connectivity index (χ0v) is 12.0. The number of aromatic nitrogens is 1. The van der Waals surface area contributed by atoms with Crippen LogP contribution in [0.2, 0.25) is 0 Å². The van der Waals surface area contributed by atoms with Gasteiger partial charge in [0.1, 0.15) is 0 Å². The number of nitrogen functional groups attached to an aromatic ring is 1. The SMILES string of the molecule is Nc1cc2oc(=O)[nH]c2cc1N(CCO)C1CCCCC1. The number of nitrogens with zero attached hydrogens (tertiary/aromatic N) is 1. The number of hydrogen-bond donors (Lipinski definition) is 3. The van der Waals surface area contributed by atoms with Crippen LogP contribution >= 0.6 is 0 Å². The Labute approximate surface area is 122 Å². The maximum Gasteiger partial charge on any atom is 0.417 e. The molecule has 21 heavy (non-hydrogen) atoms. The minimum atomic E-state index is -0.479. The van der Waals surface area contributed by atoms with Crippen LogP contribution in [-0.4, -0.2) is 29.3 Å². The van der Waals surface area contributed by atoms with Crippen LogP contribution in [0.15, 0.2) is 21.3 Å². The second-order valence-corrected chi connectivity index (χ2v) is 5.63. The molecule has 0 bridgehead atoms. The smallest absolute Gasteiger partial charge is 0.408 e. The first-order chi connectivity index (χ1) is 10.2. The fraction of sp³-hybridized carbons (Fsp3) is 0.533. The molecule has 0 aliphatic heterocycles. The van der Waals surface area contributed by atoms with E-state index in [1.165, 1.54) is 19.3 Å². The van der Waals surface area contributed by atoms with E-state index in [1.54, 1.807) is 6.07 Å². The molecule has 0 radical (unpaired) electrons. The highest BCUT2D eigenvalue weighted by molar-refractivity contribution is 5.85. The van der Waals surface area contributed by atoms with Gasteiger partial charge in [-0.15, -0.1) is 0 Å². The van der Waals surface area contributed by atoms with Crippen LogP contribution in [0.25, 0.3) is 11.1 Å². The third-order valence-electron chi connectivity index (χ3n) is 4.23. The van der Waals surface area contributed by atoms with Crippen LogP contribution in [-0.2, 0) is 0 Å². The summed E-state index contributed by atoms with van der Waals surface area (Å²) in [5.41, 5.74) is 8.68. The normalized spacial score (nSPS) is 16.4. The minimum Gasteiger partial charge on any atom is -0.408 e. The molecule has 0 saturated heterocycles. The number of aromatic amines is 1. The predicted molar refractivity (Wildman–Crippen MR) is 82.6 cm³/mol. The second-order valence-electron chi connectivity index (χ2n) is 5.63. The van der Waals surface area contributed by atoms with E-state index >= 15 is 0 Å². The highest BCUT2D eigenvalue weighted by Gasteiger charge is 2.23. The van der Waals surface area contributed by atoms with E-state index in [4.69, 9.17) is 10.2 Å². The lowest BCUT2D eigenvalue weighted by atomic mass is 9.93. The first kappa shape index (κ1) is 14.0. The van der Waals surface area contributed by atoms with Gasteiger partial charge in [-0.2, -0.15) is 0 Å². The largest absolute Gasteiger partial charge is 0.417 e. The van der Waals surface area contributed by atoms with Crippen molar-refractivity contribution in [3.05, 3.63) is 22.7 Å². The van der Waals surface area contributed by atoms with Gasteiger partial charge in [0.05, 0.1) is 23.5 Å². The van der Waals surface area contributed by atoms with Gasteiger partial charge in [0, 0.05) is 18.7 Å². The molecule has 1 heterocycles. The summed E-state index contributed by atoms with van der Waals surface area (Å²) >= 11 is 0. The van der Waals surface area contributed by atoms with Gasteiger partial charge in [0.2, 0.25) is 0 Å². The zero-order valence-electron chi connectivity index (χ0n) is 12.0. The number of nitrogens with one attached hydrogen (secondary N) is 1. The summed E-state index contributed by atoms with van der Waals surface area (Å²) in [6.45, 7) is 0.623. The molecule has 1 aromatic carbocycles. The van der Waals surface area contributed by atoms with Crippen molar-refractivity contribution in [1.82, 2.24) is 4.98 Å². The van der Waals surface area contributed by atoms with Crippen LogP contribution in [0.3, 0.4) is 0 Å². The lowest BCUT2D eigenvalue weighted by Gasteiger charge is -2.36. The average molecular weight is 291 g/mol. The molecule has 6 nitrogen and oxygen atoms in total. The number of benzene rings is 1. The summed E-state index contributed by atoms with van der Waals surface area (Å²) in [4.78, 5) is 16.1. The Hall–Kier alpha value is -1.95. The number of nitrogens with two attached hydrogens (primary N) is 1. The lowest BCUT2D eigenvalue weighted by molar-refractivity contribution is 0.290. The van der Waals surface area contributed by atoms with E-state index in [2.05, 4.69) is 9.88 Å². The van der Waals surface area contributed by atoms with E-state index in [0.29, 0.717) is 29.4 Å². The van der Waals surface area contributed by atoms with Crippen molar-refractivity contribution in [1.29, 1.82) is 0 Å². The van der Waals surface area contributed by atoms with Gasteiger partial charge >= 0.3 is 5.76 Å². The summed E-state index contributed by atoms with van der Waals surface area (Å²) in [6.07, 6.45) is 5.90. The van der Waals surface area contributed by atoms with Crippen molar-refractivity contribution in [2.45, 2.75) is 38.1 Å². The molecule has 1 aliphatic carbocycles. The van der Waals surface area contributed by atoms with Crippen molar-refractivity contribution in [3.8, 4) is 0 Å². The lowest BCUT2D eigenvalue weighted by Crippen LogP contribution is -2.39. The van der Waals surface area contributed by atoms with Gasteiger partial charge < -0.3 is 20.2 Å². The molecule has 3 rings (SSSR count). The van der Waals surface area contributed by atoms with Crippen LogP contribution in [0.4, 0.5) is 11.4 Å². The Morgan fingerprint density at radius 1 is 1.33 bits per heavy atom. The number of hydrogen-bond acceptors (Lipinski definition) is 5. The first-order valence-corrected chi connectivity index (χ1v) is 7.49. The maximum atomic E-state index is 11.3. The fourth-order valence-corrected chi connectivity index (χ4v) is 3.25. The monoisotopic (exact) mass is 291 g/mol. The highest BCUT2D eigenvalue weighted by atomic mass is 16.4. The van der Waals surface area contributed by atoms with Gasteiger partial charge in [0.15, 0.2) is 5.58 Å². The van der Waals surface area contributed by atoms with E-state index in [-0.39, 0.29) is 6.61 Å². The summed E-state index contributed by atoms with van der Waals surface area (Å²) in [7, 11) is 0. The summed E-state index contributed by atoms with van der Waals surface area (Å²) in [5, 5.41) is 9.38. The van der Waals surface area contributed by atoms with Gasteiger partial charge in [-0.25, -0.2) is 4.79 Å². The molecular weight excluding hydrogens is 270 g/mol.